The minimum absolute atomic E-state index is 0.0850. The monoisotopic (exact) mass is 331 g/mol. The topological polar surface area (TPSA) is 45.2 Å². The fourth-order valence-corrected chi connectivity index (χ4v) is 3.43. The van der Waals surface area contributed by atoms with Gasteiger partial charge in [0.1, 0.15) is 0 Å². The van der Waals surface area contributed by atoms with Crippen LogP contribution in [0.5, 0.6) is 0 Å². The van der Waals surface area contributed by atoms with Gasteiger partial charge >= 0.3 is 0 Å². The molecule has 2 rings (SSSR count). The maximum atomic E-state index is 12.0. The second-order valence-corrected chi connectivity index (χ2v) is 7.13. The van der Waals surface area contributed by atoms with E-state index in [1.54, 1.807) is 11.3 Å². The van der Waals surface area contributed by atoms with Crippen LogP contribution in [0.2, 0.25) is 0 Å². The van der Waals surface area contributed by atoms with Crippen LogP contribution < -0.4 is 5.32 Å². The quantitative estimate of drug-likeness (QED) is 0.757. The zero-order valence-electron chi connectivity index (χ0n) is 14.1. The van der Waals surface area contributed by atoms with Crippen molar-refractivity contribution >= 4 is 17.2 Å². The van der Waals surface area contributed by atoms with E-state index >= 15 is 0 Å². The molecule has 0 spiro atoms. The summed E-state index contributed by atoms with van der Waals surface area (Å²) in [5.41, 5.74) is 2.23. The summed E-state index contributed by atoms with van der Waals surface area (Å²) in [7, 11) is 4.08. The number of carbonyl (C=O) groups is 1. The van der Waals surface area contributed by atoms with E-state index in [9.17, 15) is 4.79 Å². The molecule has 0 unspecified atom stereocenters. The Bertz CT molecular complexity index is 622. The molecule has 1 amide bonds. The van der Waals surface area contributed by atoms with Crippen molar-refractivity contribution in [3.05, 3.63) is 51.5 Å². The van der Waals surface area contributed by atoms with Crippen LogP contribution in [0.3, 0.4) is 0 Å². The molecule has 0 saturated carbocycles. The van der Waals surface area contributed by atoms with Crippen molar-refractivity contribution in [3.8, 4) is 0 Å². The third kappa shape index (κ3) is 6.12. The fourth-order valence-electron chi connectivity index (χ4n) is 2.33. The van der Waals surface area contributed by atoms with Crippen LogP contribution in [0.1, 0.15) is 27.6 Å². The van der Waals surface area contributed by atoms with Crippen molar-refractivity contribution in [2.24, 2.45) is 0 Å². The fraction of sp³-hybridized carbons (Fsp3) is 0.444. The highest BCUT2D eigenvalue weighted by Gasteiger charge is 2.12. The average Bonchev–Trinajstić information content (AvgIpc) is 2.84. The number of nitrogens with one attached hydrogen (secondary N) is 1. The Morgan fingerprint density at radius 3 is 2.70 bits per heavy atom. The first-order valence-corrected chi connectivity index (χ1v) is 8.77. The summed E-state index contributed by atoms with van der Waals surface area (Å²) in [6.45, 7) is 3.70. The van der Waals surface area contributed by atoms with Crippen molar-refractivity contribution in [1.29, 1.82) is 0 Å². The van der Waals surface area contributed by atoms with Gasteiger partial charge in [0.05, 0.1) is 17.1 Å². The molecule has 0 atom stereocenters. The molecule has 5 heteroatoms. The second-order valence-electron chi connectivity index (χ2n) is 5.96. The molecule has 0 bridgehead atoms. The van der Waals surface area contributed by atoms with Gasteiger partial charge in [0.15, 0.2) is 0 Å². The molecule has 124 valence electrons. The molecule has 0 aliphatic heterocycles. The van der Waals surface area contributed by atoms with E-state index in [2.05, 4.69) is 27.3 Å². The molecule has 0 aliphatic rings. The van der Waals surface area contributed by atoms with Gasteiger partial charge in [-0.1, -0.05) is 30.3 Å². The van der Waals surface area contributed by atoms with E-state index in [0.29, 0.717) is 6.42 Å². The number of hydrogen-bond donors (Lipinski definition) is 1. The molecule has 1 aromatic carbocycles. The lowest BCUT2D eigenvalue weighted by atomic mass is 10.2. The molecule has 1 N–H and O–H groups in total. The highest BCUT2D eigenvalue weighted by Crippen LogP contribution is 2.21. The van der Waals surface area contributed by atoms with E-state index in [1.165, 1.54) is 5.56 Å². The first kappa shape index (κ1) is 17.6. The van der Waals surface area contributed by atoms with Gasteiger partial charge in [-0.25, -0.2) is 4.98 Å². The predicted octanol–water partition coefficient (Wildman–Crippen LogP) is 2.65. The van der Waals surface area contributed by atoms with Gasteiger partial charge in [0, 0.05) is 17.8 Å². The number of aryl methyl sites for hydroxylation is 1. The minimum Gasteiger partial charge on any atom is -0.356 e. The van der Waals surface area contributed by atoms with Gasteiger partial charge in [0.25, 0.3) is 0 Å². The van der Waals surface area contributed by atoms with Crippen LogP contribution in [0, 0.1) is 6.92 Å². The van der Waals surface area contributed by atoms with E-state index in [-0.39, 0.29) is 5.91 Å². The number of amides is 1. The Labute approximate surface area is 142 Å². The molecule has 0 saturated heterocycles. The Morgan fingerprint density at radius 1 is 1.26 bits per heavy atom. The minimum atomic E-state index is 0.0850. The molecule has 2 aromatic rings. The highest BCUT2D eigenvalue weighted by atomic mass is 32.1. The predicted molar refractivity (Wildman–Crippen MR) is 96.0 cm³/mol. The SMILES string of the molecule is Cc1nc(Cc2ccccc2)sc1CC(=O)NCCCN(C)C. The smallest absolute Gasteiger partial charge is 0.225 e. The standard InChI is InChI=1S/C18H25N3OS/c1-14-16(13-17(22)19-10-7-11-21(2)3)23-18(20-14)12-15-8-5-4-6-9-15/h4-6,8-9H,7,10-13H2,1-3H3,(H,19,22). The first-order chi connectivity index (χ1) is 11.0. The van der Waals surface area contributed by atoms with Gasteiger partial charge in [0.2, 0.25) is 5.91 Å². The molecular weight excluding hydrogens is 306 g/mol. The second kappa shape index (κ2) is 8.79. The molecule has 1 heterocycles. The van der Waals surface area contributed by atoms with Gasteiger partial charge in [-0.05, 0) is 39.5 Å². The molecular formula is C18H25N3OS. The van der Waals surface area contributed by atoms with E-state index in [4.69, 9.17) is 0 Å². The van der Waals surface area contributed by atoms with Gasteiger partial charge in [-0.15, -0.1) is 11.3 Å². The number of nitrogens with zero attached hydrogens (tertiary/aromatic N) is 2. The van der Waals surface area contributed by atoms with Crippen LogP contribution in [-0.2, 0) is 17.6 Å². The molecule has 0 aliphatic carbocycles. The average molecular weight is 331 g/mol. The molecule has 0 fully saturated rings. The Balaban J connectivity index is 1.84. The summed E-state index contributed by atoms with van der Waals surface area (Å²) < 4.78 is 0. The third-order valence-corrected chi connectivity index (χ3v) is 4.72. The van der Waals surface area contributed by atoms with Crippen LogP contribution in [-0.4, -0.2) is 43.0 Å². The summed E-state index contributed by atoms with van der Waals surface area (Å²) in [6, 6.07) is 10.3. The molecule has 23 heavy (non-hydrogen) atoms. The summed E-state index contributed by atoms with van der Waals surface area (Å²) in [6.07, 6.45) is 2.23. The van der Waals surface area contributed by atoms with E-state index in [0.717, 1.165) is 41.5 Å². The number of aromatic nitrogens is 1. The van der Waals surface area contributed by atoms with Gasteiger partial charge < -0.3 is 10.2 Å². The Morgan fingerprint density at radius 2 is 2.00 bits per heavy atom. The lowest BCUT2D eigenvalue weighted by molar-refractivity contribution is -0.120. The van der Waals surface area contributed by atoms with Crippen molar-refractivity contribution in [2.45, 2.75) is 26.2 Å². The first-order valence-electron chi connectivity index (χ1n) is 7.95. The van der Waals surface area contributed by atoms with Crippen molar-refractivity contribution in [2.75, 3.05) is 27.2 Å². The number of thiazole rings is 1. The van der Waals surface area contributed by atoms with Crippen LogP contribution in [0.25, 0.3) is 0 Å². The van der Waals surface area contributed by atoms with Crippen LogP contribution in [0.15, 0.2) is 30.3 Å². The normalized spacial score (nSPS) is 11.0. The van der Waals surface area contributed by atoms with E-state index in [1.807, 2.05) is 39.2 Å². The zero-order chi connectivity index (χ0) is 16.7. The Kier molecular flexibility index (Phi) is 6.74. The van der Waals surface area contributed by atoms with Crippen LogP contribution >= 0.6 is 11.3 Å². The Hall–Kier alpha value is -1.72. The maximum Gasteiger partial charge on any atom is 0.225 e. The maximum absolute atomic E-state index is 12.0. The zero-order valence-corrected chi connectivity index (χ0v) is 14.9. The van der Waals surface area contributed by atoms with Gasteiger partial charge in [-0.2, -0.15) is 0 Å². The summed E-state index contributed by atoms with van der Waals surface area (Å²) in [5.74, 6) is 0.0850. The molecule has 4 nitrogen and oxygen atoms in total. The molecule has 0 radical (unpaired) electrons. The van der Waals surface area contributed by atoms with E-state index < -0.39 is 0 Å². The van der Waals surface area contributed by atoms with Crippen molar-refractivity contribution in [3.63, 3.8) is 0 Å². The lowest BCUT2D eigenvalue weighted by Crippen LogP contribution is -2.28. The number of hydrogen-bond acceptors (Lipinski definition) is 4. The summed E-state index contributed by atoms with van der Waals surface area (Å²) in [5, 5.41) is 4.06. The molecule has 1 aromatic heterocycles. The van der Waals surface area contributed by atoms with Crippen molar-refractivity contribution in [1.82, 2.24) is 15.2 Å². The van der Waals surface area contributed by atoms with Gasteiger partial charge in [-0.3, -0.25) is 4.79 Å². The summed E-state index contributed by atoms with van der Waals surface area (Å²) in [4.78, 5) is 19.8. The summed E-state index contributed by atoms with van der Waals surface area (Å²) >= 11 is 1.65. The van der Waals surface area contributed by atoms with Crippen molar-refractivity contribution < 1.29 is 4.79 Å². The number of carbonyl (C=O) groups excluding carboxylic acids is 1. The lowest BCUT2D eigenvalue weighted by Gasteiger charge is -2.09. The number of rotatable bonds is 8. The number of benzene rings is 1. The third-order valence-electron chi connectivity index (χ3n) is 3.56. The van der Waals surface area contributed by atoms with Crippen LogP contribution in [0.4, 0.5) is 0 Å². The largest absolute Gasteiger partial charge is 0.356 e. The highest BCUT2D eigenvalue weighted by molar-refractivity contribution is 7.11.